The second-order valence-electron chi connectivity index (χ2n) is 6.12. The number of pyridine rings is 1. The topological polar surface area (TPSA) is 54.5 Å². The van der Waals surface area contributed by atoms with Crippen molar-refractivity contribution in [2.45, 2.75) is 0 Å². The molecule has 6 heteroatoms. The van der Waals surface area contributed by atoms with E-state index in [1.807, 2.05) is 18.2 Å². The lowest BCUT2D eigenvalue weighted by atomic mass is 10.1. The van der Waals surface area contributed by atoms with E-state index in [1.54, 1.807) is 18.5 Å². The van der Waals surface area contributed by atoms with Crippen molar-refractivity contribution in [1.29, 1.82) is 0 Å². The van der Waals surface area contributed by atoms with Gasteiger partial charge in [0.1, 0.15) is 5.82 Å². The molecule has 0 atom stereocenters. The molecule has 0 unspecified atom stereocenters. The van der Waals surface area contributed by atoms with E-state index in [0.29, 0.717) is 18.9 Å². The first-order valence-electron chi connectivity index (χ1n) is 8.49. The van der Waals surface area contributed by atoms with Crippen molar-refractivity contribution in [1.82, 2.24) is 4.98 Å². The SMILES string of the molecule is O=C(Nc1ccc(N2CCOCC2)c2ccncc12)c1cccc(F)c1. The summed E-state index contributed by atoms with van der Waals surface area (Å²) < 4.78 is 18.8. The van der Waals surface area contributed by atoms with E-state index in [1.165, 1.54) is 18.2 Å². The Labute approximate surface area is 150 Å². The van der Waals surface area contributed by atoms with Crippen LogP contribution in [0, 0.1) is 5.82 Å². The van der Waals surface area contributed by atoms with E-state index >= 15 is 0 Å². The lowest BCUT2D eigenvalue weighted by Gasteiger charge is -2.30. The van der Waals surface area contributed by atoms with Crippen LogP contribution in [-0.4, -0.2) is 37.2 Å². The van der Waals surface area contributed by atoms with E-state index < -0.39 is 5.82 Å². The number of morpholine rings is 1. The predicted octanol–water partition coefficient (Wildman–Crippen LogP) is 3.46. The predicted molar refractivity (Wildman–Crippen MR) is 99.1 cm³/mol. The van der Waals surface area contributed by atoms with Crippen LogP contribution in [0.15, 0.2) is 54.9 Å². The quantitative estimate of drug-likeness (QED) is 0.785. The Morgan fingerprint density at radius 2 is 1.96 bits per heavy atom. The van der Waals surface area contributed by atoms with Crippen LogP contribution in [0.1, 0.15) is 10.4 Å². The van der Waals surface area contributed by atoms with Crippen LogP contribution >= 0.6 is 0 Å². The molecule has 1 fully saturated rings. The molecule has 2 heterocycles. The standard InChI is InChI=1S/C20H18FN3O2/c21-15-3-1-2-14(12-15)20(25)23-18-4-5-19(24-8-10-26-11-9-24)16-6-7-22-13-17(16)18/h1-7,12-13H,8-11H2,(H,23,25). The van der Waals surface area contributed by atoms with Gasteiger partial charge in [-0.25, -0.2) is 4.39 Å². The molecule has 0 spiro atoms. The number of nitrogens with one attached hydrogen (secondary N) is 1. The van der Waals surface area contributed by atoms with E-state index in [2.05, 4.69) is 15.2 Å². The van der Waals surface area contributed by atoms with Gasteiger partial charge in [0.15, 0.2) is 0 Å². The first kappa shape index (κ1) is 16.5. The molecule has 0 radical (unpaired) electrons. The van der Waals surface area contributed by atoms with E-state index in [-0.39, 0.29) is 11.5 Å². The van der Waals surface area contributed by atoms with Crippen molar-refractivity contribution in [2.24, 2.45) is 0 Å². The van der Waals surface area contributed by atoms with Gasteiger partial charge in [0.25, 0.3) is 5.91 Å². The second kappa shape index (κ2) is 7.09. The molecule has 5 nitrogen and oxygen atoms in total. The largest absolute Gasteiger partial charge is 0.378 e. The van der Waals surface area contributed by atoms with Gasteiger partial charge >= 0.3 is 0 Å². The summed E-state index contributed by atoms with van der Waals surface area (Å²) >= 11 is 0. The van der Waals surface area contributed by atoms with Gasteiger partial charge in [-0.05, 0) is 36.4 Å². The van der Waals surface area contributed by atoms with Crippen molar-refractivity contribution in [3.63, 3.8) is 0 Å². The average Bonchev–Trinajstić information content (AvgIpc) is 2.69. The minimum atomic E-state index is -0.438. The van der Waals surface area contributed by atoms with Crippen LogP contribution in [0.5, 0.6) is 0 Å². The smallest absolute Gasteiger partial charge is 0.255 e. The average molecular weight is 351 g/mol. The molecule has 2 aromatic carbocycles. The third-order valence-electron chi connectivity index (χ3n) is 4.48. The number of fused-ring (bicyclic) bond motifs is 1. The third-order valence-corrected chi connectivity index (χ3v) is 4.48. The van der Waals surface area contributed by atoms with Crippen LogP contribution in [0.4, 0.5) is 15.8 Å². The summed E-state index contributed by atoms with van der Waals surface area (Å²) in [5.74, 6) is -0.791. The zero-order valence-electron chi connectivity index (χ0n) is 14.1. The maximum absolute atomic E-state index is 13.4. The zero-order valence-corrected chi connectivity index (χ0v) is 14.1. The number of ether oxygens (including phenoxy) is 1. The Balaban J connectivity index is 1.69. The number of carbonyl (C=O) groups excluding carboxylic acids is 1. The monoisotopic (exact) mass is 351 g/mol. The number of halogens is 1. The molecule has 1 aliphatic heterocycles. The molecule has 1 aromatic heterocycles. The first-order chi connectivity index (χ1) is 12.7. The zero-order chi connectivity index (χ0) is 17.9. The van der Waals surface area contributed by atoms with E-state index in [4.69, 9.17) is 4.74 Å². The van der Waals surface area contributed by atoms with Gasteiger partial charge in [0, 0.05) is 47.5 Å². The number of carbonyl (C=O) groups is 1. The summed E-state index contributed by atoms with van der Waals surface area (Å²) in [5.41, 5.74) is 2.02. The number of anilines is 2. The maximum atomic E-state index is 13.4. The van der Waals surface area contributed by atoms with Crippen LogP contribution in [0.2, 0.25) is 0 Å². The molecule has 4 rings (SSSR count). The van der Waals surface area contributed by atoms with Crippen molar-refractivity contribution in [3.8, 4) is 0 Å². The molecule has 0 aliphatic carbocycles. The van der Waals surface area contributed by atoms with Gasteiger partial charge in [-0.3, -0.25) is 9.78 Å². The molecule has 1 N–H and O–H groups in total. The summed E-state index contributed by atoms with van der Waals surface area (Å²) in [5, 5.41) is 4.73. The molecule has 1 amide bonds. The Hall–Kier alpha value is -2.99. The fraction of sp³-hybridized carbons (Fsp3) is 0.200. The number of nitrogens with zero attached hydrogens (tertiary/aromatic N) is 2. The highest BCUT2D eigenvalue weighted by molar-refractivity contribution is 6.11. The molecule has 1 aliphatic rings. The Bertz CT molecular complexity index is 955. The van der Waals surface area contributed by atoms with Crippen molar-refractivity contribution in [2.75, 3.05) is 36.5 Å². The molecule has 26 heavy (non-hydrogen) atoms. The summed E-state index contributed by atoms with van der Waals surface area (Å²) in [6.45, 7) is 3.05. The lowest BCUT2D eigenvalue weighted by Crippen LogP contribution is -2.36. The number of rotatable bonds is 3. The fourth-order valence-corrected chi connectivity index (χ4v) is 3.19. The third kappa shape index (κ3) is 3.23. The normalized spacial score (nSPS) is 14.4. The van der Waals surface area contributed by atoms with Crippen molar-refractivity contribution in [3.05, 3.63) is 66.2 Å². The summed E-state index contributed by atoms with van der Waals surface area (Å²) in [6, 6.07) is 11.4. The molecule has 132 valence electrons. The van der Waals surface area contributed by atoms with Gasteiger partial charge in [0.2, 0.25) is 0 Å². The van der Waals surface area contributed by atoms with Crippen LogP contribution < -0.4 is 10.2 Å². The summed E-state index contributed by atoms with van der Waals surface area (Å²) in [7, 11) is 0. The molecule has 0 saturated carbocycles. The minimum Gasteiger partial charge on any atom is -0.378 e. The van der Waals surface area contributed by atoms with Gasteiger partial charge in [-0.15, -0.1) is 0 Å². The highest BCUT2D eigenvalue weighted by Crippen LogP contribution is 2.32. The number of amides is 1. The van der Waals surface area contributed by atoms with Gasteiger partial charge in [0.05, 0.1) is 18.9 Å². The Morgan fingerprint density at radius 3 is 2.77 bits per heavy atom. The van der Waals surface area contributed by atoms with Gasteiger partial charge < -0.3 is 15.0 Å². The number of hydrogen-bond donors (Lipinski definition) is 1. The highest BCUT2D eigenvalue weighted by Gasteiger charge is 2.16. The summed E-state index contributed by atoms with van der Waals surface area (Å²) in [4.78, 5) is 18.9. The highest BCUT2D eigenvalue weighted by atomic mass is 19.1. The van der Waals surface area contributed by atoms with E-state index in [9.17, 15) is 9.18 Å². The lowest BCUT2D eigenvalue weighted by molar-refractivity contribution is 0.102. The molecule has 1 saturated heterocycles. The number of benzene rings is 2. The van der Waals surface area contributed by atoms with Crippen LogP contribution in [0.3, 0.4) is 0 Å². The maximum Gasteiger partial charge on any atom is 0.255 e. The fourth-order valence-electron chi connectivity index (χ4n) is 3.19. The second-order valence-corrected chi connectivity index (χ2v) is 6.12. The number of hydrogen-bond acceptors (Lipinski definition) is 4. The van der Waals surface area contributed by atoms with Gasteiger partial charge in [-0.2, -0.15) is 0 Å². The molecular weight excluding hydrogens is 333 g/mol. The molecular formula is C20H18FN3O2. The van der Waals surface area contributed by atoms with E-state index in [0.717, 1.165) is 29.5 Å². The molecule has 0 bridgehead atoms. The van der Waals surface area contributed by atoms with Gasteiger partial charge in [-0.1, -0.05) is 6.07 Å². The van der Waals surface area contributed by atoms with Crippen molar-refractivity contribution >= 4 is 28.1 Å². The van der Waals surface area contributed by atoms with Crippen LogP contribution in [0.25, 0.3) is 10.8 Å². The molecule has 3 aromatic rings. The minimum absolute atomic E-state index is 0.277. The Morgan fingerprint density at radius 1 is 1.12 bits per heavy atom. The Kier molecular flexibility index (Phi) is 4.50. The van der Waals surface area contributed by atoms with Crippen LogP contribution in [-0.2, 0) is 4.74 Å². The summed E-state index contributed by atoms with van der Waals surface area (Å²) in [6.07, 6.45) is 3.48. The van der Waals surface area contributed by atoms with Crippen molar-refractivity contribution < 1.29 is 13.9 Å². The number of aromatic nitrogens is 1. The first-order valence-corrected chi connectivity index (χ1v) is 8.49.